The second-order valence-electron chi connectivity index (χ2n) is 6.09. The normalized spacial score (nSPS) is 10.6. The first-order chi connectivity index (χ1) is 13.4. The maximum absolute atomic E-state index is 12.9. The van der Waals surface area contributed by atoms with Gasteiger partial charge in [0.2, 0.25) is 5.91 Å². The fourth-order valence-electron chi connectivity index (χ4n) is 2.66. The predicted molar refractivity (Wildman–Crippen MR) is 114 cm³/mol. The van der Waals surface area contributed by atoms with Gasteiger partial charge in [0.05, 0.1) is 22.8 Å². The van der Waals surface area contributed by atoms with Crippen LogP contribution in [0.4, 0.5) is 5.69 Å². The molecule has 0 unspecified atom stereocenters. The summed E-state index contributed by atoms with van der Waals surface area (Å²) in [6.07, 6.45) is 1.64. The van der Waals surface area contributed by atoms with Crippen molar-refractivity contribution in [3.8, 4) is 6.07 Å². The van der Waals surface area contributed by atoms with Gasteiger partial charge in [-0.1, -0.05) is 17.8 Å². The number of hydrogen-bond acceptors (Lipinski definition) is 6. The molecule has 3 rings (SSSR count). The maximum Gasteiger partial charge on any atom is 0.263 e. The van der Waals surface area contributed by atoms with Gasteiger partial charge in [-0.05, 0) is 43.7 Å². The van der Waals surface area contributed by atoms with Crippen molar-refractivity contribution in [1.29, 1.82) is 5.26 Å². The number of allylic oxidation sites excluding steroid dienone is 1. The number of nitrogens with one attached hydrogen (secondary N) is 1. The van der Waals surface area contributed by atoms with Crippen molar-refractivity contribution < 1.29 is 4.79 Å². The highest BCUT2D eigenvalue weighted by molar-refractivity contribution is 7.99. The standard InChI is InChI=1S/C20H18N4O2S2/c1-4-9-24-19(26)17-12(2)13(3)28-18(17)23-20(24)27-11-16(25)22-15-7-5-14(10-21)6-8-15/h4-8H,1,9,11H2,2-3H3,(H,22,25). The minimum absolute atomic E-state index is 0.109. The van der Waals surface area contributed by atoms with E-state index in [-0.39, 0.29) is 17.2 Å². The van der Waals surface area contributed by atoms with Crippen LogP contribution in [0.3, 0.4) is 0 Å². The van der Waals surface area contributed by atoms with E-state index in [0.717, 1.165) is 10.4 Å². The maximum atomic E-state index is 12.9. The summed E-state index contributed by atoms with van der Waals surface area (Å²) in [6, 6.07) is 8.67. The lowest BCUT2D eigenvalue weighted by Crippen LogP contribution is -2.23. The first kappa shape index (κ1) is 19.9. The van der Waals surface area contributed by atoms with E-state index in [4.69, 9.17) is 5.26 Å². The van der Waals surface area contributed by atoms with Gasteiger partial charge in [-0.3, -0.25) is 14.2 Å². The average Bonchev–Trinajstić information content (AvgIpc) is 2.97. The van der Waals surface area contributed by atoms with Crippen LogP contribution in [0.25, 0.3) is 10.2 Å². The van der Waals surface area contributed by atoms with Crippen LogP contribution in [0.5, 0.6) is 0 Å². The lowest BCUT2D eigenvalue weighted by Gasteiger charge is -2.10. The molecule has 0 radical (unpaired) electrons. The van der Waals surface area contributed by atoms with E-state index >= 15 is 0 Å². The van der Waals surface area contributed by atoms with Crippen molar-refractivity contribution in [1.82, 2.24) is 9.55 Å². The molecule has 8 heteroatoms. The highest BCUT2D eigenvalue weighted by Gasteiger charge is 2.17. The van der Waals surface area contributed by atoms with E-state index in [1.54, 1.807) is 34.9 Å². The number of anilines is 1. The summed E-state index contributed by atoms with van der Waals surface area (Å²) < 4.78 is 1.55. The molecule has 2 heterocycles. The number of carbonyl (C=O) groups is 1. The zero-order chi connectivity index (χ0) is 20.3. The van der Waals surface area contributed by atoms with Crippen LogP contribution < -0.4 is 10.9 Å². The number of carbonyl (C=O) groups excluding carboxylic acids is 1. The number of fused-ring (bicyclic) bond motifs is 1. The van der Waals surface area contributed by atoms with Crippen molar-refractivity contribution in [2.45, 2.75) is 25.5 Å². The molecule has 1 aromatic carbocycles. The van der Waals surface area contributed by atoms with Gasteiger partial charge in [0, 0.05) is 17.1 Å². The van der Waals surface area contributed by atoms with Crippen LogP contribution in [-0.4, -0.2) is 21.2 Å². The van der Waals surface area contributed by atoms with Crippen LogP contribution >= 0.6 is 23.1 Å². The molecule has 0 aliphatic rings. The Hall–Kier alpha value is -2.89. The Kier molecular flexibility index (Phi) is 5.97. The Morgan fingerprint density at radius 2 is 2.11 bits per heavy atom. The second kappa shape index (κ2) is 8.42. The third-order valence-corrected chi connectivity index (χ3v) is 6.27. The molecule has 28 heavy (non-hydrogen) atoms. The van der Waals surface area contributed by atoms with Crippen LogP contribution in [-0.2, 0) is 11.3 Å². The number of nitrogens with zero attached hydrogens (tertiary/aromatic N) is 3. The van der Waals surface area contributed by atoms with Gasteiger partial charge in [-0.2, -0.15) is 5.26 Å². The molecule has 0 saturated heterocycles. The number of hydrogen-bond donors (Lipinski definition) is 1. The molecule has 0 bridgehead atoms. The Balaban J connectivity index is 1.81. The number of benzene rings is 1. The van der Waals surface area contributed by atoms with E-state index in [2.05, 4.69) is 16.9 Å². The molecule has 1 amide bonds. The van der Waals surface area contributed by atoms with Crippen molar-refractivity contribution in [2.75, 3.05) is 11.1 Å². The molecule has 1 N–H and O–H groups in total. The molecule has 0 spiro atoms. The number of rotatable bonds is 6. The summed E-state index contributed by atoms with van der Waals surface area (Å²) in [5.74, 6) is -0.105. The van der Waals surface area contributed by atoms with E-state index in [9.17, 15) is 9.59 Å². The number of aryl methyl sites for hydroxylation is 2. The summed E-state index contributed by atoms with van der Waals surface area (Å²) in [5, 5.41) is 12.7. The molecular formula is C20H18N4O2S2. The molecule has 0 atom stereocenters. The van der Waals surface area contributed by atoms with Crippen molar-refractivity contribution in [3.63, 3.8) is 0 Å². The van der Waals surface area contributed by atoms with E-state index in [0.29, 0.717) is 33.2 Å². The van der Waals surface area contributed by atoms with Crippen LogP contribution in [0.2, 0.25) is 0 Å². The van der Waals surface area contributed by atoms with E-state index in [1.165, 1.54) is 23.1 Å². The molecular weight excluding hydrogens is 392 g/mol. The van der Waals surface area contributed by atoms with Gasteiger partial charge in [0.15, 0.2) is 5.16 Å². The summed E-state index contributed by atoms with van der Waals surface area (Å²) in [5.41, 5.74) is 1.98. The molecule has 142 valence electrons. The summed E-state index contributed by atoms with van der Waals surface area (Å²) in [4.78, 5) is 31.6. The Labute approximate surface area is 170 Å². The number of amides is 1. The van der Waals surface area contributed by atoms with Gasteiger partial charge in [-0.25, -0.2) is 4.98 Å². The Bertz CT molecular complexity index is 1150. The fourth-order valence-corrected chi connectivity index (χ4v) is 4.54. The molecule has 6 nitrogen and oxygen atoms in total. The zero-order valence-electron chi connectivity index (χ0n) is 15.5. The second-order valence-corrected chi connectivity index (χ2v) is 8.23. The lowest BCUT2D eigenvalue weighted by molar-refractivity contribution is -0.113. The van der Waals surface area contributed by atoms with Gasteiger partial charge in [0.1, 0.15) is 4.83 Å². The van der Waals surface area contributed by atoms with E-state index < -0.39 is 0 Å². The third kappa shape index (κ3) is 4.01. The Morgan fingerprint density at radius 3 is 2.75 bits per heavy atom. The third-order valence-electron chi connectivity index (χ3n) is 4.20. The van der Waals surface area contributed by atoms with Crippen LogP contribution in [0.15, 0.2) is 46.9 Å². The van der Waals surface area contributed by atoms with Gasteiger partial charge < -0.3 is 5.32 Å². The highest BCUT2D eigenvalue weighted by Crippen LogP contribution is 2.28. The predicted octanol–water partition coefficient (Wildman–Crippen LogP) is 3.86. The molecule has 0 aliphatic heterocycles. The van der Waals surface area contributed by atoms with Gasteiger partial charge in [0.25, 0.3) is 5.56 Å². The number of thioether (sulfide) groups is 1. The Morgan fingerprint density at radius 1 is 1.39 bits per heavy atom. The first-order valence-electron chi connectivity index (χ1n) is 8.48. The van der Waals surface area contributed by atoms with Crippen molar-refractivity contribution in [2.24, 2.45) is 0 Å². The quantitative estimate of drug-likeness (QED) is 0.379. The lowest BCUT2D eigenvalue weighted by atomic mass is 10.2. The van der Waals surface area contributed by atoms with Crippen molar-refractivity contribution in [3.05, 3.63) is 63.3 Å². The molecule has 0 saturated carbocycles. The number of aromatic nitrogens is 2. The van der Waals surface area contributed by atoms with Crippen LogP contribution in [0, 0.1) is 25.2 Å². The average molecular weight is 411 g/mol. The molecule has 3 aromatic rings. The van der Waals surface area contributed by atoms with Crippen LogP contribution in [0.1, 0.15) is 16.0 Å². The minimum Gasteiger partial charge on any atom is -0.325 e. The summed E-state index contributed by atoms with van der Waals surface area (Å²) in [7, 11) is 0. The van der Waals surface area contributed by atoms with Gasteiger partial charge in [-0.15, -0.1) is 17.9 Å². The molecule has 0 fully saturated rings. The smallest absolute Gasteiger partial charge is 0.263 e. The van der Waals surface area contributed by atoms with Crippen molar-refractivity contribution >= 4 is 44.9 Å². The minimum atomic E-state index is -0.215. The molecule has 0 aliphatic carbocycles. The summed E-state index contributed by atoms with van der Waals surface area (Å²) in [6.45, 7) is 7.94. The monoisotopic (exact) mass is 410 g/mol. The van der Waals surface area contributed by atoms with E-state index in [1.807, 2.05) is 19.9 Å². The SMILES string of the molecule is C=CCn1c(SCC(=O)Nc2ccc(C#N)cc2)nc2sc(C)c(C)c2c1=O. The van der Waals surface area contributed by atoms with Gasteiger partial charge >= 0.3 is 0 Å². The first-order valence-corrected chi connectivity index (χ1v) is 10.3. The fraction of sp³-hybridized carbons (Fsp3) is 0.200. The number of nitriles is 1. The number of thiophene rings is 1. The molecule has 2 aromatic heterocycles. The summed E-state index contributed by atoms with van der Waals surface area (Å²) >= 11 is 2.70. The topological polar surface area (TPSA) is 87.8 Å². The zero-order valence-corrected chi connectivity index (χ0v) is 17.1. The highest BCUT2D eigenvalue weighted by atomic mass is 32.2. The largest absolute Gasteiger partial charge is 0.325 e.